The Morgan fingerprint density at radius 2 is 1.65 bits per heavy atom. The maximum absolute atomic E-state index is 13.0. The lowest BCUT2D eigenvalue weighted by Gasteiger charge is -2.26. The first kappa shape index (κ1) is 16.3. The third-order valence-electron chi connectivity index (χ3n) is 1.88. The molecule has 0 N–H and O–H groups in total. The fourth-order valence-corrected chi connectivity index (χ4v) is 1.80. The fraction of sp³-hybridized carbons (Fsp3) is 0.778. The van der Waals surface area contributed by atoms with E-state index in [1.54, 1.807) is 0 Å². The zero-order valence-electron chi connectivity index (χ0n) is 9.11. The van der Waals surface area contributed by atoms with Gasteiger partial charge in [0.05, 0.1) is 0 Å². The normalized spacial score (nSPS) is 14.5. The Morgan fingerprint density at radius 3 is 1.94 bits per heavy atom. The van der Waals surface area contributed by atoms with Crippen LogP contribution in [0.4, 0.5) is 22.0 Å². The lowest BCUT2D eigenvalue weighted by Crippen LogP contribution is -2.47. The van der Waals surface area contributed by atoms with Gasteiger partial charge in [-0.3, -0.25) is 9.59 Å². The lowest BCUT2D eigenvalue weighted by molar-refractivity contribution is -0.297. The minimum atomic E-state index is -5.84. The quantitative estimate of drug-likeness (QED) is 0.725. The molecule has 0 saturated carbocycles. The minimum absolute atomic E-state index is 0.0706. The van der Waals surface area contributed by atoms with E-state index >= 15 is 0 Å². The number of carbonyl (C=O) groups excluding carboxylic acids is 2. The van der Waals surface area contributed by atoms with E-state index in [9.17, 15) is 31.5 Å². The van der Waals surface area contributed by atoms with Crippen LogP contribution >= 0.6 is 11.8 Å². The molecule has 1 atom stereocenters. The van der Waals surface area contributed by atoms with E-state index in [1.807, 2.05) is 0 Å². The van der Waals surface area contributed by atoms with Crippen molar-refractivity contribution in [3.05, 3.63) is 0 Å². The summed E-state index contributed by atoms with van der Waals surface area (Å²) < 4.78 is 62.4. The summed E-state index contributed by atoms with van der Waals surface area (Å²) in [6.45, 7) is 2.31. The van der Waals surface area contributed by atoms with Crippen molar-refractivity contribution < 1.29 is 31.5 Å². The summed E-state index contributed by atoms with van der Waals surface area (Å²) in [6, 6.07) is 0. The van der Waals surface area contributed by atoms with Crippen LogP contribution in [0.2, 0.25) is 0 Å². The molecule has 0 radical (unpaired) electrons. The summed E-state index contributed by atoms with van der Waals surface area (Å²) in [7, 11) is 0. The topological polar surface area (TPSA) is 34.1 Å². The zero-order valence-corrected chi connectivity index (χ0v) is 9.92. The zero-order chi connectivity index (χ0) is 13.9. The maximum Gasteiger partial charge on any atom is 0.454 e. The molecule has 8 heteroatoms. The molecule has 0 spiro atoms. The van der Waals surface area contributed by atoms with Crippen LogP contribution < -0.4 is 0 Å². The second kappa shape index (κ2) is 5.79. The molecule has 0 aromatic carbocycles. The molecule has 17 heavy (non-hydrogen) atoms. The number of thioether (sulfide) groups is 1. The van der Waals surface area contributed by atoms with E-state index in [-0.39, 0.29) is 5.75 Å². The van der Waals surface area contributed by atoms with Gasteiger partial charge in [0, 0.05) is 6.42 Å². The third-order valence-corrected chi connectivity index (χ3v) is 2.74. The predicted molar refractivity (Wildman–Crippen MR) is 52.9 cm³/mol. The summed E-state index contributed by atoms with van der Waals surface area (Å²) in [5.41, 5.74) is 0. The van der Waals surface area contributed by atoms with Gasteiger partial charge in [0.2, 0.25) is 0 Å². The number of hydrogen-bond donors (Lipinski definition) is 0. The van der Waals surface area contributed by atoms with Crippen LogP contribution in [0, 0.1) is 5.92 Å². The molecular weight excluding hydrogens is 267 g/mol. The Kier molecular flexibility index (Phi) is 5.57. The number of rotatable bonds is 5. The summed E-state index contributed by atoms with van der Waals surface area (Å²) in [4.78, 5) is 21.9. The van der Waals surface area contributed by atoms with E-state index < -0.39 is 35.3 Å². The van der Waals surface area contributed by atoms with Gasteiger partial charge >= 0.3 is 12.1 Å². The molecule has 0 heterocycles. The Hall–Kier alpha value is -0.660. The molecule has 0 aromatic heterocycles. The molecule has 0 aromatic rings. The number of carbonyl (C=O) groups is 2. The molecule has 2 nitrogen and oxygen atoms in total. The Balaban J connectivity index is 5.17. The highest BCUT2D eigenvalue weighted by atomic mass is 32.2. The van der Waals surface area contributed by atoms with Crippen molar-refractivity contribution in [3.63, 3.8) is 0 Å². The number of Topliss-reactive ketones (excluding diaryl/α,β-unsaturated/α-hetero) is 1. The largest absolute Gasteiger partial charge is 0.454 e. The highest BCUT2D eigenvalue weighted by molar-refractivity contribution is 8.13. The molecule has 0 bridgehead atoms. The number of hydrogen-bond acceptors (Lipinski definition) is 3. The van der Waals surface area contributed by atoms with Crippen LogP contribution in [0.3, 0.4) is 0 Å². The van der Waals surface area contributed by atoms with Gasteiger partial charge in [0.25, 0.3) is 0 Å². The second-order valence-corrected chi connectivity index (χ2v) is 4.60. The molecule has 0 saturated heterocycles. The molecule has 0 aliphatic rings. The van der Waals surface area contributed by atoms with Crippen LogP contribution in [0.1, 0.15) is 20.3 Å². The van der Waals surface area contributed by atoms with Crippen molar-refractivity contribution in [1.29, 1.82) is 0 Å². The van der Waals surface area contributed by atoms with Crippen molar-refractivity contribution in [3.8, 4) is 0 Å². The fourth-order valence-electron chi connectivity index (χ4n) is 1.09. The van der Waals surface area contributed by atoms with Gasteiger partial charge in [-0.15, -0.1) is 0 Å². The average molecular weight is 278 g/mol. The van der Waals surface area contributed by atoms with Gasteiger partial charge in [-0.1, -0.05) is 18.7 Å². The van der Waals surface area contributed by atoms with Crippen LogP contribution in [-0.4, -0.2) is 28.8 Å². The van der Waals surface area contributed by atoms with Crippen molar-refractivity contribution in [1.82, 2.24) is 0 Å². The third kappa shape index (κ3) is 4.25. The number of ketones is 1. The summed E-state index contributed by atoms with van der Waals surface area (Å²) >= 11 is 0.353. The van der Waals surface area contributed by atoms with Gasteiger partial charge in [0.1, 0.15) is 11.7 Å². The SMILES string of the molecule is CCSC(=O)[C@@H](CC(C)=O)C(F)(F)C(F)(F)F. The van der Waals surface area contributed by atoms with Gasteiger partial charge < -0.3 is 0 Å². The molecule has 0 fully saturated rings. The predicted octanol–water partition coefficient (Wildman–Crippen LogP) is 3.06. The van der Waals surface area contributed by atoms with Crippen LogP contribution in [-0.2, 0) is 9.59 Å². The molecule has 100 valence electrons. The summed E-state index contributed by atoms with van der Waals surface area (Å²) in [5, 5.41) is -1.31. The van der Waals surface area contributed by atoms with Gasteiger partial charge in [-0.2, -0.15) is 22.0 Å². The Labute approximate surface area is 98.9 Å². The molecule has 0 unspecified atom stereocenters. The number of halogens is 5. The first-order valence-electron chi connectivity index (χ1n) is 4.64. The van der Waals surface area contributed by atoms with Gasteiger partial charge in [-0.25, -0.2) is 0 Å². The Morgan fingerprint density at radius 1 is 1.18 bits per heavy atom. The van der Waals surface area contributed by atoms with Crippen molar-refractivity contribution in [2.24, 2.45) is 5.92 Å². The Bertz CT molecular complexity index is 300. The van der Waals surface area contributed by atoms with Crippen LogP contribution in [0.25, 0.3) is 0 Å². The van der Waals surface area contributed by atoms with E-state index in [0.717, 1.165) is 6.92 Å². The monoisotopic (exact) mass is 278 g/mol. The smallest absolute Gasteiger partial charge is 0.300 e. The van der Waals surface area contributed by atoms with Crippen molar-refractivity contribution in [2.45, 2.75) is 32.4 Å². The number of alkyl halides is 5. The van der Waals surface area contributed by atoms with Crippen molar-refractivity contribution >= 4 is 22.7 Å². The van der Waals surface area contributed by atoms with E-state index in [1.165, 1.54) is 6.92 Å². The standard InChI is InChI=1S/C9H11F5O2S/c1-3-17-7(16)6(4-5(2)15)8(10,11)9(12,13)14/h6H,3-4H2,1-2H3/t6-/m1/s1. The van der Waals surface area contributed by atoms with Gasteiger partial charge in [0.15, 0.2) is 5.12 Å². The molecule has 0 aliphatic carbocycles. The van der Waals surface area contributed by atoms with Crippen LogP contribution in [0.15, 0.2) is 0 Å². The van der Waals surface area contributed by atoms with Crippen molar-refractivity contribution in [2.75, 3.05) is 5.75 Å². The van der Waals surface area contributed by atoms with E-state index in [4.69, 9.17) is 0 Å². The van der Waals surface area contributed by atoms with E-state index in [0.29, 0.717) is 11.8 Å². The second-order valence-electron chi connectivity index (χ2n) is 3.33. The molecule has 0 amide bonds. The average Bonchev–Trinajstić information content (AvgIpc) is 2.12. The van der Waals surface area contributed by atoms with Gasteiger partial charge in [-0.05, 0) is 12.7 Å². The first-order valence-corrected chi connectivity index (χ1v) is 5.63. The summed E-state index contributed by atoms with van der Waals surface area (Å²) in [6.07, 6.45) is -6.95. The highest BCUT2D eigenvalue weighted by Gasteiger charge is 2.64. The lowest BCUT2D eigenvalue weighted by atomic mass is 9.96. The first-order chi connectivity index (χ1) is 7.54. The summed E-state index contributed by atoms with van der Waals surface area (Å²) in [5.74, 6) is -8.65. The molecule has 0 rings (SSSR count). The molecular formula is C9H11F5O2S. The maximum atomic E-state index is 13.0. The molecule has 0 aliphatic heterocycles. The highest BCUT2D eigenvalue weighted by Crippen LogP contribution is 2.44. The van der Waals surface area contributed by atoms with E-state index in [2.05, 4.69) is 0 Å². The van der Waals surface area contributed by atoms with Crippen LogP contribution in [0.5, 0.6) is 0 Å². The minimum Gasteiger partial charge on any atom is -0.300 e.